The summed E-state index contributed by atoms with van der Waals surface area (Å²) in [6.07, 6.45) is 1.96. The molecule has 3 aromatic rings. The van der Waals surface area contributed by atoms with Crippen molar-refractivity contribution < 1.29 is 9.53 Å². The first-order chi connectivity index (χ1) is 15.4. The summed E-state index contributed by atoms with van der Waals surface area (Å²) in [6.45, 7) is 6.06. The second kappa shape index (κ2) is 10.6. The number of aromatic nitrogens is 2. The molecule has 0 atom stereocenters. The Morgan fingerprint density at radius 1 is 1.25 bits per heavy atom. The largest absolute Gasteiger partial charge is 0.492 e. The van der Waals surface area contributed by atoms with Gasteiger partial charge in [0.1, 0.15) is 18.7 Å². The maximum absolute atomic E-state index is 13.3. The number of amides is 1. The van der Waals surface area contributed by atoms with Crippen LogP contribution in [0.2, 0.25) is 0 Å². The third-order valence-corrected chi connectivity index (χ3v) is 5.14. The van der Waals surface area contributed by atoms with Gasteiger partial charge in [0.25, 0.3) is 11.5 Å². The van der Waals surface area contributed by atoms with E-state index < -0.39 is 0 Å². The molecule has 0 spiro atoms. The lowest BCUT2D eigenvalue weighted by molar-refractivity contribution is 0.0956. The average molecular weight is 434 g/mol. The second-order valence-corrected chi connectivity index (χ2v) is 7.52. The van der Waals surface area contributed by atoms with Gasteiger partial charge in [-0.25, -0.2) is 4.98 Å². The summed E-state index contributed by atoms with van der Waals surface area (Å²) in [5.41, 5.74) is 2.29. The highest BCUT2D eigenvalue weighted by atomic mass is 16.5. The maximum Gasteiger partial charge on any atom is 0.265 e. The van der Waals surface area contributed by atoms with E-state index in [1.165, 1.54) is 10.9 Å². The van der Waals surface area contributed by atoms with Crippen molar-refractivity contribution in [1.82, 2.24) is 19.8 Å². The van der Waals surface area contributed by atoms with Gasteiger partial charge in [-0.3, -0.25) is 14.2 Å². The van der Waals surface area contributed by atoms with Crippen LogP contribution in [0.15, 0.2) is 47.5 Å². The highest BCUT2D eigenvalue weighted by Crippen LogP contribution is 2.19. The van der Waals surface area contributed by atoms with Crippen LogP contribution in [0.1, 0.15) is 29.3 Å². The SMILES string of the molecule is CCNC(=O)c1ccc(C)c(-n2cnc3ccc(OCCN(C)CCC#N)cc3c2=O)c1. The highest BCUT2D eigenvalue weighted by Gasteiger charge is 2.12. The standard InChI is InChI=1S/C24H27N5O3/c1-4-26-23(30)18-7-6-17(2)22(14-18)29-16-27-21-9-8-19(15-20(21)24(29)31)32-13-12-28(3)11-5-10-25/h6-9,14-16H,4-5,11-13H2,1-3H3,(H,26,30). The summed E-state index contributed by atoms with van der Waals surface area (Å²) >= 11 is 0. The molecule has 2 aromatic carbocycles. The Kier molecular flexibility index (Phi) is 7.58. The van der Waals surface area contributed by atoms with Gasteiger partial charge >= 0.3 is 0 Å². The van der Waals surface area contributed by atoms with E-state index in [0.717, 1.165) is 5.56 Å². The molecule has 8 heteroatoms. The van der Waals surface area contributed by atoms with E-state index in [9.17, 15) is 9.59 Å². The van der Waals surface area contributed by atoms with Crippen molar-refractivity contribution in [1.29, 1.82) is 5.26 Å². The fraction of sp³-hybridized carbons (Fsp3) is 0.333. The summed E-state index contributed by atoms with van der Waals surface area (Å²) in [6, 6.07) is 12.6. The topological polar surface area (TPSA) is 100 Å². The molecule has 0 saturated heterocycles. The zero-order chi connectivity index (χ0) is 23.1. The predicted molar refractivity (Wildman–Crippen MR) is 123 cm³/mol. The molecule has 1 amide bonds. The molecule has 0 aliphatic heterocycles. The lowest BCUT2D eigenvalue weighted by Crippen LogP contribution is -2.25. The molecule has 0 bridgehead atoms. The van der Waals surface area contributed by atoms with E-state index in [1.54, 1.807) is 30.3 Å². The Labute approximate surface area is 187 Å². The molecule has 0 fully saturated rings. The Morgan fingerprint density at radius 2 is 2.06 bits per heavy atom. The minimum atomic E-state index is -0.234. The van der Waals surface area contributed by atoms with E-state index >= 15 is 0 Å². The number of rotatable bonds is 9. The Morgan fingerprint density at radius 3 is 2.81 bits per heavy atom. The molecule has 0 aliphatic carbocycles. The number of benzene rings is 2. The molecule has 0 saturated carbocycles. The van der Waals surface area contributed by atoms with Gasteiger partial charge in [0.2, 0.25) is 0 Å². The molecule has 0 unspecified atom stereocenters. The Bertz CT molecular complexity index is 1210. The number of nitrogens with one attached hydrogen (secondary N) is 1. The molecule has 8 nitrogen and oxygen atoms in total. The van der Waals surface area contributed by atoms with Gasteiger partial charge in [0.15, 0.2) is 0 Å². The third kappa shape index (κ3) is 5.31. The van der Waals surface area contributed by atoms with E-state index in [1.807, 2.05) is 31.9 Å². The highest BCUT2D eigenvalue weighted by molar-refractivity contribution is 5.94. The smallest absolute Gasteiger partial charge is 0.265 e. The monoisotopic (exact) mass is 433 g/mol. The summed E-state index contributed by atoms with van der Waals surface area (Å²) in [7, 11) is 1.93. The van der Waals surface area contributed by atoms with Crippen LogP contribution >= 0.6 is 0 Å². The van der Waals surface area contributed by atoms with Gasteiger partial charge < -0.3 is 15.0 Å². The average Bonchev–Trinajstić information content (AvgIpc) is 2.79. The number of nitriles is 1. The van der Waals surface area contributed by atoms with E-state index in [4.69, 9.17) is 10.00 Å². The zero-order valence-corrected chi connectivity index (χ0v) is 18.6. The number of carbonyl (C=O) groups excluding carboxylic acids is 1. The van der Waals surface area contributed by atoms with Crippen molar-refractivity contribution in [3.8, 4) is 17.5 Å². The van der Waals surface area contributed by atoms with Gasteiger partial charge in [0.05, 0.1) is 22.7 Å². The van der Waals surface area contributed by atoms with Crippen molar-refractivity contribution >= 4 is 16.8 Å². The van der Waals surface area contributed by atoms with Crippen LogP contribution in [0, 0.1) is 18.3 Å². The predicted octanol–water partition coefficient (Wildman–Crippen LogP) is 2.67. The van der Waals surface area contributed by atoms with Crippen molar-refractivity contribution in [3.63, 3.8) is 0 Å². The minimum absolute atomic E-state index is 0.189. The molecular formula is C24H27N5O3. The molecule has 166 valence electrons. The summed E-state index contributed by atoms with van der Waals surface area (Å²) in [5.74, 6) is 0.390. The van der Waals surface area contributed by atoms with Crippen LogP contribution in [-0.4, -0.2) is 53.6 Å². The van der Waals surface area contributed by atoms with Crippen LogP contribution < -0.4 is 15.6 Å². The first-order valence-electron chi connectivity index (χ1n) is 10.5. The summed E-state index contributed by atoms with van der Waals surface area (Å²) in [5, 5.41) is 11.9. The summed E-state index contributed by atoms with van der Waals surface area (Å²) < 4.78 is 7.27. The molecule has 1 N–H and O–H groups in total. The normalized spacial score (nSPS) is 10.8. The number of likely N-dealkylation sites (N-methyl/N-ethyl adjacent to an activating group) is 1. The quantitative estimate of drug-likeness (QED) is 0.557. The van der Waals surface area contributed by atoms with Crippen molar-refractivity contribution in [3.05, 3.63) is 64.2 Å². The van der Waals surface area contributed by atoms with E-state index in [2.05, 4.69) is 16.4 Å². The lowest BCUT2D eigenvalue weighted by Gasteiger charge is -2.15. The first kappa shape index (κ1) is 23.0. The van der Waals surface area contributed by atoms with Gasteiger partial charge in [-0.05, 0) is 56.8 Å². The van der Waals surface area contributed by atoms with Crippen LogP contribution in [0.4, 0.5) is 0 Å². The number of aryl methyl sites for hydroxylation is 1. The van der Waals surface area contributed by atoms with Crippen LogP contribution in [0.3, 0.4) is 0 Å². The molecule has 0 aliphatic rings. The molecule has 1 aromatic heterocycles. The number of hydrogen-bond acceptors (Lipinski definition) is 6. The van der Waals surface area contributed by atoms with Crippen molar-refractivity contribution in [2.75, 3.05) is 33.3 Å². The molecule has 1 heterocycles. The number of ether oxygens (including phenoxy) is 1. The number of fused-ring (bicyclic) bond motifs is 1. The van der Waals surface area contributed by atoms with Crippen LogP contribution in [0.5, 0.6) is 5.75 Å². The van der Waals surface area contributed by atoms with Crippen molar-refractivity contribution in [2.24, 2.45) is 0 Å². The first-order valence-corrected chi connectivity index (χ1v) is 10.5. The number of hydrogen-bond donors (Lipinski definition) is 1. The Hall–Kier alpha value is -3.70. The molecule has 32 heavy (non-hydrogen) atoms. The minimum Gasteiger partial charge on any atom is -0.492 e. The van der Waals surface area contributed by atoms with Gasteiger partial charge in [-0.1, -0.05) is 6.07 Å². The third-order valence-electron chi connectivity index (χ3n) is 5.14. The number of carbonyl (C=O) groups is 1. The summed E-state index contributed by atoms with van der Waals surface area (Å²) in [4.78, 5) is 31.9. The van der Waals surface area contributed by atoms with Gasteiger partial charge in [-0.15, -0.1) is 0 Å². The maximum atomic E-state index is 13.3. The second-order valence-electron chi connectivity index (χ2n) is 7.52. The van der Waals surface area contributed by atoms with E-state index in [-0.39, 0.29) is 11.5 Å². The Balaban J connectivity index is 1.88. The molecule has 0 radical (unpaired) electrons. The lowest BCUT2D eigenvalue weighted by atomic mass is 10.1. The fourth-order valence-corrected chi connectivity index (χ4v) is 3.31. The van der Waals surface area contributed by atoms with Gasteiger partial charge in [0, 0.05) is 31.6 Å². The zero-order valence-electron chi connectivity index (χ0n) is 18.6. The molecular weight excluding hydrogens is 406 g/mol. The van der Waals surface area contributed by atoms with Gasteiger partial charge in [-0.2, -0.15) is 5.26 Å². The molecule has 3 rings (SSSR count). The van der Waals surface area contributed by atoms with Crippen molar-refractivity contribution in [2.45, 2.75) is 20.3 Å². The number of nitrogens with zero attached hydrogens (tertiary/aromatic N) is 4. The fourth-order valence-electron chi connectivity index (χ4n) is 3.31. The van der Waals surface area contributed by atoms with E-state index in [0.29, 0.717) is 60.6 Å². The van der Waals surface area contributed by atoms with Crippen LogP contribution in [-0.2, 0) is 0 Å². The van der Waals surface area contributed by atoms with Crippen LogP contribution in [0.25, 0.3) is 16.6 Å².